The predicted molar refractivity (Wildman–Crippen MR) is 69.7 cm³/mol. The van der Waals surface area contributed by atoms with Crippen molar-refractivity contribution in [3.63, 3.8) is 0 Å². The van der Waals surface area contributed by atoms with Crippen LogP contribution in [0.1, 0.15) is 0 Å². The number of carboxylic acid groups (broad SMARTS) is 1. The van der Waals surface area contributed by atoms with Crippen LogP contribution >= 0.6 is 11.8 Å². The number of nitrogens with zero attached hydrogens (tertiary/aromatic N) is 4. The normalized spacial score (nSPS) is 10.8. The maximum Gasteiger partial charge on any atom is 0.325 e. The van der Waals surface area contributed by atoms with Gasteiger partial charge in [-0.1, -0.05) is 11.8 Å². The summed E-state index contributed by atoms with van der Waals surface area (Å²) in [6.07, 6.45) is 0. The summed E-state index contributed by atoms with van der Waals surface area (Å²) in [5.74, 6) is -0.346. The van der Waals surface area contributed by atoms with E-state index in [0.29, 0.717) is 43.9 Å². The van der Waals surface area contributed by atoms with Crippen molar-refractivity contribution in [1.82, 2.24) is 20.2 Å². The maximum atomic E-state index is 10.6. The molecule has 0 saturated heterocycles. The minimum atomic E-state index is -0.983. The van der Waals surface area contributed by atoms with Gasteiger partial charge in [-0.25, -0.2) is 4.68 Å². The Morgan fingerprint density at radius 1 is 1.25 bits per heavy atom. The molecule has 10 heteroatoms. The Balaban J connectivity index is 2.04. The molecule has 0 aliphatic rings. The number of thioether (sulfide) groups is 1. The Hall–Kier alpha value is -1.23. The number of tetrazole rings is 1. The van der Waals surface area contributed by atoms with Gasteiger partial charge in [0, 0.05) is 12.9 Å². The Morgan fingerprint density at radius 2 is 1.95 bits per heavy atom. The van der Waals surface area contributed by atoms with Gasteiger partial charge in [-0.3, -0.25) is 4.79 Å². The molecule has 1 N–H and O–H groups in total. The zero-order valence-electron chi connectivity index (χ0n) is 11.2. The molecule has 0 aliphatic heterocycles. The fourth-order valence-electron chi connectivity index (χ4n) is 1.18. The summed E-state index contributed by atoms with van der Waals surface area (Å²) in [5, 5.41) is 19.9. The Morgan fingerprint density at radius 3 is 2.65 bits per heavy atom. The summed E-state index contributed by atoms with van der Waals surface area (Å²) in [6.45, 7) is 2.41. The van der Waals surface area contributed by atoms with Gasteiger partial charge in [0.05, 0.1) is 33.0 Å². The molecule has 0 atom stereocenters. The van der Waals surface area contributed by atoms with Crippen molar-refractivity contribution in [3.8, 4) is 0 Å². The quantitative estimate of drug-likeness (QED) is 0.405. The fourth-order valence-corrected chi connectivity index (χ4v) is 1.91. The van der Waals surface area contributed by atoms with Crippen molar-refractivity contribution in [2.24, 2.45) is 0 Å². The van der Waals surface area contributed by atoms with E-state index < -0.39 is 5.97 Å². The average molecular weight is 306 g/mol. The van der Waals surface area contributed by atoms with Gasteiger partial charge in [0.2, 0.25) is 5.16 Å². The highest BCUT2D eigenvalue weighted by molar-refractivity contribution is 7.99. The minimum absolute atomic E-state index is 0.246. The van der Waals surface area contributed by atoms with Gasteiger partial charge in [0.1, 0.15) is 6.54 Å². The highest BCUT2D eigenvalue weighted by atomic mass is 32.2. The van der Waals surface area contributed by atoms with Crippen LogP contribution < -0.4 is 0 Å². The first-order chi connectivity index (χ1) is 9.74. The van der Waals surface area contributed by atoms with E-state index in [9.17, 15) is 4.79 Å². The molecule has 1 aromatic heterocycles. The van der Waals surface area contributed by atoms with Gasteiger partial charge in [0.15, 0.2) is 0 Å². The standard InChI is InChI=1S/C10H18N4O5S/c1-17-2-3-18-4-5-19-6-7-20-10-11-12-13-14(10)8-9(15)16/h2-8H2,1H3,(H,15,16). The molecule has 20 heavy (non-hydrogen) atoms. The molecular formula is C10H18N4O5S. The zero-order valence-corrected chi connectivity index (χ0v) is 12.0. The summed E-state index contributed by atoms with van der Waals surface area (Å²) in [6, 6.07) is 0. The van der Waals surface area contributed by atoms with Crippen LogP contribution in [0.5, 0.6) is 0 Å². The van der Waals surface area contributed by atoms with E-state index >= 15 is 0 Å². The number of carboxylic acids is 1. The second-order valence-electron chi connectivity index (χ2n) is 3.58. The predicted octanol–water partition coefficient (Wildman–Crippen LogP) is -0.471. The molecule has 9 nitrogen and oxygen atoms in total. The van der Waals surface area contributed by atoms with Gasteiger partial charge in [-0.05, 0) is 10.4 Å². The lowest BCUT2D eigenvalue weighted by Gasteiger charge is -2.05. The van der Waals surface area contributed by atoms with E-state index in [4.69, 9.17) is 19.3 Å². The smallest absolute Gasteiger partial charge is 0.325 e. The first-order valence-corrected chi connectivity index (χ1v) is 6.97. The summed E-state index contributed by atoms with van der Waals surface area (Å²) < 4.78 is 16.7. The summed E-state index contributed by atoms with van der Waals surface area (Å²) in [5.41, 5.74) is 0. The van der Waals surface area contributed by atoms with E-state index in [0.717, 1.165) is 0 Å². The molecule has 0 aromatic carbocycles. The van der Waals surface area contributed by atoms with Crippen molar-refractivity contribution < 1.29 is 24.1 Å². The monoisotopic (exact) mass is 306 g/mol. The van der Waals surface area contributed by atoms with Crippen molar-refractivity contribution in [3.05, 3.63) is 0 Å². The molecule has 0 bridgehead atoms. The molecule has 0 saturated carbocycles. The number of aliphatic carboxylic acids is 1. The number of ether oxygens (including phenoxy) is 3. The van der Waals surface area contributed by atoms with Crippen molar-refractivity contribution in [1.29, 1.82) is 0 Å². The first kappa shape index (κ1) is 16.8. The Kier molecular flexibility index (Phi) is 8.87. The van der Waals surface area contributed by atoms with Crippen LogP contribution in [0.25, 0.3) is 0 Å². The van der Waals surface area contributed by atoms with E-state index in [1.54, 1.807) is 7.11 Å². The fraction of sp³-hybridized carbons (Fsp3) is 0.800. The topological polar surface area (TPSA) is 109 Å². The molecule has 0 aliphatic carbocycles. The molecular weight excluding hydrogens is 288 g/mol. The highest BCUT2D eigenvalue weighted by Crippen LogP contribution is 2.12. The lowest BCUT2D eigenvalue weighted by Crippen LogP contribution is -2.12. The minimum Gasteiger partial charge on any atom is -0.480 e. The van der Waals surface area contributed by atoms with E-state index in [1.807, 2.05) is 0 Å². The number of carbonyl (C=O) groups is 1. The van der Waals surface area contributed by atoms with E-state index in [-0.39, 0.29) is 6.54 Å². The highest BCUT2D eigenvalue weighted by Gasteiger charge is 2.09. The summed E-state index contributed by atoms with van der Waals surface area (Å²) >= 11 is 1.35. The summed E-state index contributed by atoms with van der Waals surface area (Å²) in [4.78, 5) is 10.6. The third kappa shape index (κ3) is 7.38. The van der Waals surface area contributed by atoms with Crippen molar-refractivity contribution >= 4 is 17.7 Å². The van der Waals surface area contributed by atoms with Crippen LogP contribution in [-0.4, -0.2) is 77.2 Å². The van der Waals surface area contributed by atoms with Crippen molar-refractivity contribution in [2.75, 3.05) is 45.9 Å². The molecule has 114 valence electrons. The average Bonchev–Trinajstić information content (AvgIpc) is 2.83. The van der Waals surface area contributed by atoms with Crippen LogP contribution in [0.2, 0.25) is 0 Å². The third-order valence-corrected chi connectivity index (χ3v) is 2.97. The van der Waals surface area contributed by atoms with Crippen molar-refractivity contribution in [2.45, 2.75) is 11.7 Å². The van der Waals surface area contributed by atoms with Crippen LogP contribution in [0.15, 0.2) is 5.16 Å². The third-order valence-electron chi connectivity index (χ3n) is 2.05. The lowest BCUT2D eigenvalue weighted by atomic mass is 10.7. The van der Waals surface area contributed by atoms with Gasteiger partial charge >= 0.3 is 5.97 Å². The summed E-state index contributed by atoms with van der Waals surface area (Å²) in [7, 11) is 1.62. The second kappa shape index (κ2) is 10.5. The molecule has 0 unspecified atom stereocenters. The first-order valence-electron chi connectivity index (χ1n) is 5.99. The van der Waals surface area contributed by atoms with Gasteiger partial charge in [-0.2, -0.15) is 0 Å². The van der Waals surface area contributed by atoms with Crippen LogP contribution in [-0.2, 0) is 25.5 Å². The van der Waals surface area contributed by atoms with E-state index in [2.05, 4.69) is 15.5 Å². The lowest BCUT2D eigenvalue weighted by molar-refractivity contribution is -0.138. The zero-order chi connectivity index (χ0) is 14.6. The Labute approximate surface area is 120 Å². The molecule has 1 aromatic rings. The Bertz CT molecular complexity index is 389. The number of hydrogen-bond acceptors (Lipinski definition) is 8. The van der Waals surface area contributed by atoms with Crippen LogP contribution in [0.3, 0.4) is 0 Å². The molecule has 0 radical (unpaired) electrons. The molecule has 0 fully saturated rings. The number of hydrogen-bond donors (Lipinski definition) is 1. The van der Waals surface area contributed by atoms with Gasteiger partial charge in [0.25, 0.3) is 0 Å². The maximum absolute atomic E-state index is 10.6. The van der Waals surface area contributed by atoms with Crippen LogP contribution in [0, 0.1) is 0 Å². The second-order valence-corrected chi connectivity index (χ2v) is 4.64. The molecule has 0 spiro atoms. The SMILES string of the molecule is COCCOCCOCCSc1nnnn1CC(=O)O. The number of aromatic nitrogens is 4. The van der Waals surface area contributed by atoms with Crippen LogP contribution in [0.4, 0.5) is 0 Å². The number of methoxy groups -OCH3 is 1. The van der Waals surface area contributed by atoms with E-state index in [1.165, 1.54) is 16.4 Å². The molecule has 0 amide bonds. The van der Waals surface area contributed by atoms with Gasteiger partial charge in [-0.15, -0.1) is 5.10 Å². The van der Waals surface area contributed by atoms with Gasteiger partial charge < -0.3 is 19.3 Å². The molecule has 1 heterocycles. The molecule has 1 rings (SSSR count). The number of rotatable bonds is 12. The largest absolute Gasteiger partial charge is 0.480 e.